The number of amides is 1. The Hall–Kier alpha value is -1.66. The van der Waals surface area contributed by atoms with Crippen molar-refractivity contribution in [1.29, 1.82) is 0 Å². The number of carbonyl (C=O) groups is 1. The van der Waals surface area contributed by atoms with Gasteiger partial charge in [0.15, 0.2) is 0 Å². The van der Waals surface area contributed by atoms with Crippen LogP contribution in [0.5, 0.6) is 0 Å². The zero-order valence-electron chi connectivity index (χ0n) is 7.04. The molecule has 1 aromatic heterocycles. The first-order valence-electron chi connectivity index (χ1n) is 3.82. The molecule has 0 spiro atoms. The largest absolute Gasteiger partial charge is 0.464 e. The van der Waals surface area contributed by atoms with Crippen molar-refractivity contribution < 1.29 is 9.90 Å². The lowest BCUT2D eigenvalue weighted by Gasteiger charge is -2.05. The normalized spacial score (nSPS) is 10.4. The molecule has 1 amide bonds. The Labute approximate surface area is 83.4 Å². The molecule has 14 heavy (non-hydrogen) atoms. The van der Waals surface area contributed by atoms with Crippen LogP contribution in [0.1, 0.15) is 0 Å². The van der Waals surface area contributed by atoms with Gasteiger partial charge in [0.25, 0.3) is 0 Å². The number of anilines is 1. The summed E-state index contributed by atoms with van der Waals surface area (Å²) in [4.78, 5) is 14.6. The molecule has 2 aromatic rings. The summed E-state index contributed by atoms with van der Waals surface area (Å²) < 4.78 is 0.916. The van der Waals surface area contributed by atoms with E-state index < -0.39 is 6.09 Å². The van der Waals surface area contributed by atoms with Crippen LogP contribution in [0.3, 0.4) is 0 Å². The highest BCUT2D eigenvalue weighted by Crippen LogP contribution is 2.26. The summed E-state index contributed by atoms with van der Waals surface area (Å²) in [6.45, 7) is 0. The zero-order valence-corrected chi connectivity index (χ0v) is 7.86. The van der Waals surface area contributed by atoms with E-state index in [-0.39, 0.29) is 5.13 Å². The maximum atomic E-state index is 10.5. The second-order valence-electron chi connectivity index (χ2n) is 2.62. The van der Waals surface area contributed by atoms with Crippen molar-refractivity contribution in [3.63, 3.8) is 0 Å². The van der Waals surface area contributed by atoms with Crippen molar-refractivity contribution in [2.45, 2.75) is 0 Å². The Bertz CT molecular complexity index is 449. The number of rotatable bonds is 1. The standard InChI is InChI=1S/C8H7N3O2S/c9-11(8(12)13)7-10-5-3-1-2-4-6(5)14-7/h1-4H,9H2,(H,12,13). The number of aromatic nitrogens is 1. The Morgan fingerprint density at radius 2 is 2.21 bits per heavy atom. The van der Waals surface area contributed by atoms with Crippen LogP contribution in [-0.2, 0) is 0 Å². The van der Waals surface area contributed by atoms with Gasteiger partial charge in [0.2, 0.25) is 5.13 Å². The van der Waals surface area contributed by atoms with Gasteiger partial charge in [0.1, 0.15) is 0 Å². The monoisotopic (exact) mass is 209 g/mol. The molecule has 0 saturated carbocycles. The van der Waals surface area contributed by atoms with E-state index in [0.717, 1.165) is 10.2 Å². The lowest BCUT2D eigenvalue weighted by molar-refractivity contribution is 0.202. The van der Waals surface area contributed by atoms with Crippen LogP contribution in [0, 0.1) is 0 Å². The Balaban J connectivity index is 2.50. The van der Waals surface area contributed by atoms with E-state index in [1.54, 1.807) is 0 Å². The van der Waals surface area contributed by atoms with E-state index in [1.165, 1.54) is 11.3 Å². The summed E-state index contributed by atoms with van der Waals surface area (Å²) in [5.41, 5.74) is 0.754. The van der Waals surface area contributed by atoms with Crippen molar-refractivity contribution in [1.82, 2.24) is 4.98 Å². The molecule has 0 unspecified atom stereocenters. The molecule has 5 nitrogen and oxygen atoms in total. The van der Waals surface area contributed by atoms with Crippen molar-refractivity contribution in [2.75, 3.05) is 5.01 Å². The summed E-state index contributed by atoms with van der Waals surface area (Å²) in [7, 11) is 0. The quantitative estimate of drug-likeness (QED) is 0.425. The fraction of sp³-hybridized carbons (Fsp3) is 0. The van der Waals surface area contributed by atoms with E-state index in [0.29, 0.717) is 5.01 Å². The highest BCUT2D eigenvalue weighted by Gasteiger charge is 2.13. The summed E-state index contributed by atoms with van der Waals surface area (Å²) >= 11 is 1.24. The molecule has 0 radical (unpaired) electrons. The Morgan fingerprint density at radius 3 is 2.86 bits per heavy atom. The number of carboxylic acid groups (broad SMARTS) is 1. The highest BCUT2D eigenvalue weighted by atomic mass is 32.1. The SMILES string of the molecule is NN(C(=O)O)c1nc2ccccc2s1. The smallest absolute Gasteiger partial charge is 0.428 e. The molecule has 0 bridgehead atoms. The van der Waals surface area contributed by atoms with E-state index in [2.05, 4.69) is 4.98 Å². The minimum absolute atomic E-state index is 0.277. The number of hydrogen-bond acceptors (Lipinski definition) is 4. The second-order valence-corrected chi connectivity index (χ2v) is 3.63. The van der Waals surface area contributed by atoms with Crippen LogP contribution < -0.4 is 10.9 Å². The van der Waals surface area contributed by atoms with Crippen LogP contribution in [0.25, 0.3) is 10.2 Å². The Kier molecular flexibility index (Phi) is 2.06. The molecule has 1 heterocycles. The zero-order chi connectivity index (χ0) is 10.1. The number of hydrazine groups is 1. The molecule has 0 saturated heterocycles. The van der Waals surface area contributed by atoms with E-state index in [1.807, 2.05) is 24.3 Å². The van der Waals surface area contributed by atoms with E-state index in [4.69, 9.17) is 10.9 Å². The molecule has 3 N–H and O–H groups in total. The summed E-state index contributed by atoms with van der Waals surface area (Å²) in [5.74, 6) is 5.28. The van der Waals surface area contributed by atoms with Gasteiger partial charge in [-0.3, -0.25) is 0 Å². The van der Waals surface area contributed by atoms with Gasteiger partial charge >= 0.3 is 6.09 Å². The number of para-hydroxylation sites is 1. The molecule has 0 aliphatic rings. The molecule has 72 valence electrons. The summed E-state index contributed by atoms with van der Waals surface area (Å²) in [5, 5.41) is 9.52. The average Bonchev–Trinajstić information content (AvgIpc) is 2.59. The molecule has 2 rings (SSSR count). The first-order chi connectivity index (χ1) is 6.68. The predicted octanol–water partition coefficient (Wildman–Crippen LogP) is 1.65. The maximum absolute atomic E-state index is 10.5. The van der Waals surface area contributed by atoms with E-state index >= 15 is 0 Å². The fourth-order valence-corrected chi connectivity index (χ4v) is 1.93. The van der Waals surface area contributed by atoms with Gasteiger partial charge in [-0.25, -0.2) is 15.6 Å². The highest BCUT2D eigenvalue weighted by molar-refractivity contribution is 7.22. The van der Waals surface area contributed by atoms with Crippen LogP contribution in [0.15, 0.2) is 24.3 Å². The minimum atomic E-state index is -1.22. The van der Waals surface area contributed by atoms with Gasteiger partial charge in [-0.15, -0.1) is 0 Å². The van der Waals surface area contributed by atoms with Crippen molar-refractivity contribution in [2.24, 2.45) is 5.84 Å². The number of benzene rings is 1. The van der Waals surface area contributed by atoms with Gasteiger partial charge in [0.05, 0.1) is 10.2 Å². The number of nitrogens with two attached hydrogens (primary N) is 1. The van der Waals surface area contributed by atoms with Crippen molar-refractivity contribution >= 4 is 32.8 Å². The third-order valence-electron chi connectivity index (χ3n) is 1.69. The molecular formula is C8H7N3O2S. The lowest BCUT2D eigenvalue weighted by Crippen LogP contribution is -2.35. The lowest BCUT2D eigenvalue weighted by atomic mass is 10.3. The average molecular weight is 209 g/mol. The van der Waals surface area contributed by atoms with Gasteiger partial charge in [-0.2, -0.15) is 5.01 Å². The van der Waals surface area contributed by atoms with E-state index in [9.17, 15) is 4.79 Å². The van der Waals surface area contributed by atoms with Crippen LogP contribution in [-0.4, -0.2) is 16.2 Å². The van der Waals surface area contributed by atoms with Gasteiger partial charge < -0.3 is 5.11 Å². The first-order valence-corrected chi connectivity index (χ1v) is 4.63. The predicted molar refractivity (Wildman–Crippen MR) is 54.3 cm³/mol. The van der Waals surface area contributed by atoms with Crippen LogP contribution in [0.4, 0.5) is 9.93 Å². The molecule has 0 aliphatic heterocycles. The summed E-state index contributed by atoms with van der Waals surface area (Å²) in [6.07, 6.45) is -1.22. The Morgan fingerprint density at radius 1 is 1.50 bits per heavy atom. The van der Waals surface area contributed by atoms with Gasteiger partial charge in [0, 0.05) is 0 Å². The molecule has 0 aliphatic carbocycles. The van der Waals surface area contributed by atoms with Crippen molar-refractivity contribution in [3.8, 4) is 0 Å². The topological polar surface area (TPSA) is 79.5 Å². The number of hydrogen-bond donors (Lipinski definition) is 2. The minimum Gasteiger partial charge on any atom is -0.464 e. The number of thiazole rings is 1. The maximum Gasteiger partial charge on any atom is 0.428 e. The van der Waals surface area contributed by atoms with Crippen LogP contribution in [0.2, 0.25) is 0 Å². The fourth-order valence-electron chi connectivity index (χ4n) is 1.04. The van der Waals surface area contributed by atoms with Crippen molar-refractivity contribution in [3.05, 3.63) is 24.3 Å². The number of fused-ring (bicyclic) bond motifs is 1. The first kappa shape index (κ1) is 8.92. The number of nitrogens with zero attached hydrogens (tertiary/aromatic N) is 2. The van der Waals surface area contributed by atoms with Gasteiger partial charge in [-0.1, -0.05) is 23.5 Å². The second kappa shape index (κ2) is 3.24. The molecule has 0 fully saturated rings. The molecular weight excluding hydrogens is 202 g/mol. The molecule has 1 aromatic carbocycles. The van der Waals surface area contributed by atoms with Crippen LogP contribution >= 0.6 is 11.3 Å². The third kappa shape index (κ3) is 1.40. The summed E-state index contributed by atoms with van der Waals surface area (Å²) in [6, 6.07) is 7.39. The van der Waals surface area contributed by atoms with Gasteiger partial charge in [-0.05, 0) is 12.1 Å². The molecule has 0 atom stereocenters. The molecule has 6 heteroatoms. The third-order valence-corrected chi connectivity index (χ3v) is 2.73.